The van der Waals surface area contributed by atoms with Gasteiger partial charge in [-0.15, -0.1) is 16.4 Å². The number of fused-ring (bicyclic) bond motifs is 1. The van der Waals surface area contributed by atoms with Crippen molar-refractivity contribution >= 4 is 40.9 Å². The van der Waals surface area contributed by atoms with Crippen molar-refractivity contribution < 1.29 is 4.90 Å². The minimum atomic E-state index is 0.662. The Balaban J connectivity index is 1.86. The van der Waals surface area contributed by atoms with Crippen LogP contribution in [0.5, 0.6) is 0 Å². The highest BCUT2D eigenvalue weighted by atomic mass is 35.5. The first-order valence-corrected chi connectivity index (χ1v) is 8.53. The predicted octanol–water partition coefficient (Wildman–Crippen LogP) is 2.26. The lowest BCUT2D eigenvalue weighted by molar-refractivity contribution is -0.917. The van der Waals surface area contributed by atoms with E-state index in [2.05, 4.69) is 23.2 Å². The number of halogens is 1. The van der Waals surface area contributed by atoms with Gasteiger partial charge in [0.2, 0.25) is 4.77 Å². The standard InChI is InChI=1S/C14H16ClN5S2/c1-9-6-10(2)20-13(16-9)17-19(14(20)21)8-18(3)7-11-4-5-12(15)22-11/h4-6H,7-8H2,1-3H3/p+1. The molecule has 0 aliphatic rings. The molecule has 116 valence electrons. The van der Waals surface area contributed by atoms with E-state index in [9.17, 15) is 0 Å². The third-order valence-corrected chi connectivity index (χ3v) is 5.02. The van der Waals surface area contributed by atoms with Crippen LogP contribution in [-0.2, 0) is 13.2 Å². The van der Waals surface area contributed by atoms with Crippen molar-refractivity contribution in [2.75, 3.05) is 7.05 Å². The minimum Gasteiger partial charge on any atom is -0.314 e. The molecule has 0 saturated heterocycles. The van der Waals surface area contributed by atoms with Crippen molar-refractivity contribution in [3.63, 3.8) is 0 Å². The molecule has 0 fully saturated rings. The summed E-state index contributed by atoms with van der Waals surface area (Å²) in [6, 6.07) is 6.01. The summed E-state index contributed by atoms with van der Waals surface area (Å²) in [5.41, 5.74) is 2.01. The van der Waals surface area contributed by atoms with Gasteiger partial charge in [-0.25, -0.2) is 4.98 Å². The van der Waals surface area contributed by atoms with E-state index in [1.54, 1.807) is 11.3 Å². The Morgan fingerprint density at radius 2 is 2.14 bits per heavy atom. The molecule has 0 aromatic carbocycles. The lowest BCUT2D eigenvalue weighted by Gasteiger charge is -2.12. The highest BCUT2D eigenvalue weighted by molar-refractivity contribution is 7.71. The minimum absolute atomic E-state index is 0.662. The zero-order chi connectivity index (χ0) is 15.9. The molecule has 5 nitrogen and oxygen atoms in total. The number of quaternary nitrogens is 1. The molecule has 0 saturated carbocycles. The summed E-state index contributed by atoms with van der Waals surface area (Å²) >= 11 is 13.1. The topological polar surface area (TPSA) is 39.6 Å². The van der Waals surface area contributed by atoms with Gasteiger partial charge in [0.15, 0.2) is 6.67 Å². The lowest BCUT2D eigenvalue weighted by Crippen LogP contribution is -3.06. The Morgan fingerprint density at radius 1 is 1.36 bits per heavy atom. The molecule has 0 radical (unpaired) electrons. The number of thiophene rings is 1. The van der Waals surface area contributed by atoms with Crippen LogP contribution in [0.1, 0.15) is 16.3 Å². The van der Waals surface area contributed by atoms with E-state index in [4.69, 9.17) is 23.8 Å². The first-order valence-electron chi connectivity index (χ1n) is 6.93. The largest absolute Gasteiger partial charge is 0.314 e. The summed E-state index contributed by atoms with van der Waals surface area (Å²) in [6.07, 6.45) is 0. The molecule has 22 heavy (non-hydrogen) atoms. The van der Waals surface area contributed by atoms with Crippen LogP contribution in [-0.4, -0.2) is 26.2 Å². The number of aromatic nitrogens is 4. The number of rotatable bonds is 4. The average molecular weight is 355 g/mol. The van der Waals surface area contributed by atoms with E-state index in [-0.39, 0.29) is 0 Å². The maximum absolute atomic E-state index is 5.98. The predicted molar refractivity (Wildman–Crippen MR) is 91.2 cm³/mol. The highest BCUT2D eigenvalue weighted by Crippen LogP contribution is 2.20. The van der Waals surface area contributed by atoms with Gasteiger partial charge in [-0.05, 0) is 44.3 Å². The van der Waals surface area contributed by atoms with Gasteiger partial charge in [-0.3, -0.25) is 4.40 Å². The van der Waals surface area contributed by atoms with Crippen LogP contribution in [0.3, 0.4) is 0 Å². The number of nitrogens with zero attached hydrogens (tertiary/aromatic N) is 4. The summed E-state index contributed by atoms with van der Waals surface area (Å²) < 4.78 is 5.26. The number of aryl methyl sites for hydroxylation is 2. The molecule has 1 unspecified atom stereocenters. The van der Waals surface area contributed by atoms with Crippen LogP contribution in [0, 0.1) is 18.6 Å². The maximum Gasteiger partial charge on any atom is 0.254 e. The van der Waals surface area contributed by atoms with Crippen molar-refractivity contribution in [2.45, 2.75) is 27.1 Å². The highest BCUT2D eigenvalue weighted by Gasteiger charge is 2.12. The number of nitrogens with one attached hydrogen (secondary N) is 1. The van der Waals surface area contributed by atoms with Crippen molar-refractivity contribution in [1.29, 1.82) is 0 Å². The molecule has 0 amide bonds. The fourth-order valence-electron chi connectivity index (χ4n) is 2.49. The van der Waals surface area contributed by atoms with Gasteiger partial charge in [-0.2, -0.15) is 4.68 Å². The Kier molecular flexibility index (Phi) is 4.31. The molecule has 0 aliphatic heterocycles. The second-order valence-electron chi connectivity index (χ2n) is 5.45. The molecular weight excluding hydrogens is 338 g/mol. The molecule has 3 heterocycles. The molecule has 3 rings (SSSR count). The van der Waals surface area contributed by atoms with Gasteiger partial charge in [0.05, 0.1) is 16.3 Å². The van der Waals surface area contributed by atoms with E-state index >= 15 is 0 Å². The van der Waals surface area contributed by atoms with Crippen LogP contribution in [0.15, 0.2) is 18.2 Å². The van der Waals surface area contributed by atoms with Crippen molar-refractivity contribution in [3.05, 3.63) is 43.6 Å². The van der Waals surface area contributed by atoms with Gasteiger partial charge in [0, 0.05) is 11.4 Å². The Hall–Kier alpha value is -1.28. The second kappa shape index (κ2) is 6.08. The monoisotopic (exact) mass is 354 g/mol. The molecule has 8 heteroatoms. The molecular formula is C14H17ClN5S2+. The van der Waals surface area contributed by atoms with Crippen LogP contribution in [0.25, 0.3) is 5.78 Å². The van der Waals surface area contributed by atoms with Gasteiger partial charge in [0.25, 0.3) is 5.78 Å². The molecule has 0 bridgehead atoms. The quantitative estimate of drug-likeness (QED) is 0.730. The van der Waals surface area contributed by atoms with E-state index in [1.807, 2.05) is 35.1 Å². The summed E-state index contributed by atoms with van der Waals surface area (Å²) in [5, 5.41) is 4.54. The number of hydrogen-bond donors (Lipinski definition) is 1. The fourth-order valence-corrected chi connectivity index (χ4v) is 4.03. The summed E-state index contributed by atoms with van der Waals surface area (Å²) in [6.45, 7) is 5.56. The van der Waals surface area contributed by atoms with Crippen LogP contribution >= 0.6 is 35.2 Å². The van der Waals surface area contributed by atoms with E-state index in [1.165, 1.54) is 9.78 Å². The van der Waals surface area contributed by atoms with Gasteiger partial charge in [-0.1, -0.05) is 11.6 Å². The van der Waals surface area contributed by atoms with Crippen molar-refractivity contribution in [3.8, 4) is 0 Å². The summed E-state index contributed by atoms with van der Waals surface area (Å²) in [4.78, 5) is 6.99. The van der Waals surface area contributed by atoms with Crippen molar-refractivity contribution in [2.24, 2.45) is 0 Å². The average Bonchev–Trinajstić information content (AvgIpc) is 2.94. The Morgan fingerprint density at radius 3 is 2.82 bits per heavy atom. The maximum atomic E-state index is 5.98. The van der Waals surface area contributed by atoms with E-state index < -0.39 is 0 Å². The van der Waals surface area contributed by atoms with Gasteiger partial charge < -0.3 is 4.90 Å². The van der Waals surface area contributed by atoms with Crippen LogP contribution in [0.2, 0.25) is 4.34 Å². The van der Waals surface area contributed by atoms with Gasteiger partial charge in [0.1, 0.15) is 6.54 Å². The van der Waals surface area contributed by atoms with Crippen LogP contribution in [0.4, 0.5) is 0 Å². The molecule has 0 spiro atoms. The first kappa shape index (κ1) is 15.6. The van der Waals surface area contributed by atoms with E-state index in [0.29, 0.717) is 17.2 Å². The molecule has 3 aromatic rings. The molecule has 1 atom stereocenters. The Bertz CT molecular complexity index is 879. The molecule has 3 aromatic heterocycles. The lowest BCUT2D eigenvalue weighted by atomic mass is 10.3. The van der Waals surface area contributed by atoms with Gasteiger partial charge >= 0.3 is 0 Å². The normalized spacial score (nSPS) is 12.9. The Labute approximate surface area is 142 Å². The third-order valence-electron chi connectivity index (χ3n) is 3.39. The van der Waals surface area contributed by atoms with Crippen molar-refractivity contribution in [1.82, 2.24) is 19.2 Å². The zero-order valence-electron chi connectivity index (χ0n) is 12.6. The summed E-state index contributed by atoms with van der Waals surface area (Å²) in [7, 11) is 2.12. The molecule has 1 N–H and O–H groups in total. The first-order chi connectivity index (χ1) is 10.4. The summed E-state index contributed by atoms with van der Waals surface area (Å²) in [5.74, 6) is 0.662. The smallest absolute Gasteiger partial charge is 0.254 e. The third kappa shape index (κ3) is 3.08. The fraction of sp³-hybridized carbons (Fsp3) is 0.357. The zero-order valence-corrected chi connectivity index (χ0v) is 15.0. The SMILES string of the molecule is Cc1cc(C)n2c(=S)n(C[NH+](C)Cc3ccc(Cl)s3)nc2n1. The van der Waals surface area contributed by atoms with E-state index in [0.717, 1.165) is 22.3 Å². The number of hydrogen-bond acceptors (Lipinski definition) is 4. The van der Waals surface area contributed by atoms with Crippen LogP contribution < -0.4 is 4.90 Å². The second-order valence-corrected chi connectivity index (χ2v) is 7.62. The molecule has 0 aliphatic carbocycles.